The van der Waals surface area contributed by atoms with Gasteiger partial charge in [-0.05, 0) is 79.8 Å². The van der Waals surface area contributed by atoms with Crippen molar-refractivity contribution in [2.24, 2.45) is 5.92 Å². The normalized spacial score (nSPS) is 15.4. The van der Waals surface area contributed by atoms with Crippen LogP contribution in [0, 0.1) is 11.7 Å². The van der Waals surface area contributed by atoms with Crippen LogP contribution in [0.1, 0.15) is 38.3 Å². The molecule has 0 aliphatic carbocycles. The van der Waals surface area contributed by atoms with Crippen molar-refractivity contribution < 1.29 is 17.6 Å². The predicted molar refractivity (Wildman–Crippen MR) is 141 cm³/mol. The van der Waals surface area contributed by atoms with Crippen molar-refractivity contribution in [3.63, 3.8) is 0 Å². The Labute approximate surface area is 212 Å². The minimum Gasteiger partial charge on any atom is -0.372 e. The summed E-state index contributed by atoms with van der Waals surface area (Å²) in [6, 6.07) is 20.8. The summed E-state index contributed by atoms with van der Waals surface area (Å²) in [7, 11) is -4.09. The minimum absolute atomic E-state index is 0.0868. The highest BCUT2D eigenvalue weighted by Crippen LogP contribution is 2.26. The molecule has 36 heavy (non-hydrogen) atoms. The monoisotopic (exact) mass is 509 g/mol. The number of sulfonamides is 1. The molecule has 4 rings (SSSR count). The van der Waals surface area contributed by atoms with Crippen molar-refractivity contribution in [1.29, 1.82) is 0 Å². The molecule has 8 heteroatoms. The lowest BCUT2D eigenvalue weighted by Crippen LogP contribution is -2.41. The molecule has 3 aromatic carbocycles. The molecule has 1 aliphatic heterocycles. The quantitative estimate of drug-likeness (QED) is 0.457. The second-order valence-corrected chi connectivity index (χ2v) is 11.2. The van der Waals surface area contributed by atoms with Gasteiger partial charge in [0, 0.05) is 18.8 Å². The van der Waals surface area contributed by atoms with Crippen LogP contribution < -0.4 is 14.5 Å². The van der Waals surface area contributed by atoms with Gasteiger partial charge in [-0.15, -0.1) is 0 Å². The first-order valence-electron chi connectivity index (χ1n) is 12.2. The molecule has 1 aliphatic rings. The summed E-state index contributed by atoms with van der Waals surface area (Å²) in [6.45, 7) is 5.85. The number of carbonyl (C=O) groups is 1. The Hall–Kier alpha value is -3.39. The number of hydrogen-bond donors (Lipinski definition) is 1. The lowest BCUT2D eigenvalue weighted by atomic mass is 9.98. The number of carbonyl (C=O) groups excluding carboxylic acids is 1. The zero-order chi connectivity index (χ0) is 25.7. The van der Waals surface area contributed by atoms with E-state index in [9.17, 15) is 17.6 Å². The molecule has 3 aromatic rings. The molecule has 1 saturated heterocycles. The highest BCUT2D eigenvalue weighted by atomic mass is 32.2. The highest BCUT2D eigenvalue weighted by Gasteiger charge is 2.27. The fraction of sp³-hybridized carbons (Fsp3) is 0.321. The molecule has 1 amide bonds. The van der Waals surface area contributed by atoms with Crippen molar-refractivity contribution in [2.45, 2.75) is 37.6 Å². The summed E-state index contributed by atoms with van der Waals surface area (Å²) in [5.41, 5.74) is 2.46. The molecule has 1 heterocycles. The van der Waals surface area contributed by atoms with Gasteiger partial charge < -0.3 is 10.2 Å². The van der Waals surface area contributed by atoms with Crippen LogP contribution in [0.3, 0.4) is 0 Å². The van der Waals surface area contributed by atoms with E-state index in [0.717, 1.165) is 41.0 Å². The summed E-state index contributed by atoms with van der Waals surface area (Å²) < 4.78 is 41.2. The zero-order valence-corrected chi connectivity index (χ0v) is 21.4. The molecule has 6 nitrogen and oxygen atoms in total. The third kappa shape index (κ3) is 6.05. The zero-order valence-electron chi connectivity index (χ0n) is 20.6. The number of piperidine rings is 1. The fourth-order valence-corrected chi connectivity index (χ4v) is 5.81. The van der Waals surface area contributed by atoms with Gasteiger partial charge in [-0.2, -0.15) is 0 Å². The van der Waals surface area contributed by atoms with Crippen LogP contribution in [-0.4, -0.2) is 34.0 Å². The van der Waals surface area contributed by atoms with Crippen LogP contribution in [0.2, 0.25) is 0 Å². The second-order valence-electron chi connectivity index (χ2n) is 9.35. The van der Waals surface area contributed by atoms with E-state index >= 15 is 0 Å². The topological polar surface area (TPSA) is 69.7 Å². The standard InChI is InChI=1S/C28H32FN3O3S/c1-21-16-18-31(19-17-21)25-12-8-23(9-13-25)22(2)30-28(33)20-32(26-6-4-3-5-7-26)36(34,35)27-14-10-24(29)11-15-27/h3-15,21-22H,16-20H2,1-2H3,(H,30,33). The number of anilines is 2. The maximum absolute atomic E-state index is 13.4. The molecule has 1 atom stereocenters. The van der Waals surface area contributed by atoms with E-state index < -0.39 is 28.3 Å². The molecule has 190 valence electrons. The number of benzene rings is 3. The molecule has 1 fully saturated rings. The second kappa shape index (κ2) is 11.1. The van der Waals surface area contributed by atoms with E-state index in [2.05, 4.69) is 29.3 Å². The molecule has 1 N–H and O–H groups in total. The van der Waals surface area contributed by atoms with Gasteiger partial charge in [0.25, 0.3) is 10.0 Å². The molecule has 0 bridgehead atoms. The van der Waals surface area contributed by atoms with Gasteiger partial charge in [0.1, 0.15) is 12.4 Å². The van der Waals surface area contributed by atoms with Gasteiger partial charge in [0.05, 0.1) is 16.6 Å². The Balaban J connectivity index is 1.47. The molecule has 0 radical (unpaired) electrons. The number of hydrogen-bond acceptors (Lipinski definition) is 4. The smallest absolute Gasteiger partial charge is 0.264 e. The third-order valence-corrected chi connectivity index (χ3v) is 8.44. The molecule has 0 aromatic heterocycles. The Morgan fingerprint density at radius 3 is 2.22 bits per heavy atom. The van der Waals surface area contributed by atoms with Crippen LogP contribution in [-0.2, 0) is 14.8 Å². The highest BCUT2D eigenvalue weighted by molar-refractivity contribution is 7.92. The summed E-state index contributed by atoms with van der Waals surface area (Å²) in [5, 5.41) is 2.92. The van der Waals surface area contributed by atoms with E-state index in [1.165, 1.54) is 30.7 Å². The van der Waals surface area contributed by atoms with Gasteiger partial charge >= 0.3 is 0 Å². The molecule has 0 spiro atoms. The molecular formula is C28H32FN3O3S. The van der Waals surface area contributed by atoms with Crippen LogP contribution in [0.4, 0.5) is 15.8 Å². The lowest BCUT2D eigenvalue weighted by Gasteiger charge is -2.32. The maximum Gasteiger partial charge on any atom is 0.264 e. The Bertz CT molecular complexity index is 1260. The summed E-state index contributed by atoms with van der Waals surface area (Å²) >= 11 is 0. The van der Waals surface area contributed by atoms with E-state index in [0.29, 0.717) is 5.69 Å². The largest absolute Gasteiger partial charge is 0.372 e. The van der Waals surface area contributed by atoms with Gasteiger partial charge in [-0.1, -0.05) is 37.3 Å². The number of halogens is 1. The summed E-state index contributed by atoms with van der Waals surface area (Å²) in [6.07, 6.45) is 2.37. The first-order chi connectivity index (χ1) is 17.2. The van der Waals surface area contributed by atoms with Gasteiger partial charge in [-0.3, -0.25) is 9.10 Å². The van der Waals surface area contributed by atoms with Crippen molar-refractivity contribution in [3.8, 4) is 0 Å². The van der Waals surface area contributed by atoms with E-state index in [1.54, 1.807) is 30.3 Å². The summed E-state index contributed by atoms with van der Waals surface area (Å²) in [4.78, 5) is 15.3. The van der Waals surface area contributed by atoms with Gasteiger partial charge in [0.2, 0.25) is 5.91 Å². The minimum atomic E-state index is -4.09. The van der Waals surface area contributed by atoms with Crippen molar-refractivity contribution in [2.75, 3.05) is 28.8 Å². The van der Waals surface area contributed by atoms with E-state index in [1.807, 2.05) is 19.1 Å². The number of para-hydroxylation sites is 1. The number of rotatable bonds is 8. The van der Waals surface area contributed by atoms with Crippen LogP contribution in [0.5, 0.6) is 0 Å². The lowest BCUT2D eigenvalue weighted by molar-refractivity contribution is -0.120. The average Bonchev–Trinajstić information content (AvgIpc) is 2.88. The summed E-state index contributed by atoms with van der Waals surface area (Å²) in [5.74, 6) is -0.211. The van der Waals surface area contributed by atoms with Crippen LogP contribution in [0.15, 0.2) is 83.8 Å². The van der Waals surface area contributed by atoms with Gasteiger partial charge in [0.15, 0.2) is 0 Å². The Morgan fingerprint density at radius 1 is 1.00 bits per heavy atom. The molecular weight excluding hydrogens is 477 g/mol. The Morgan fingerprint density at radius 2 is 1.61 bits per heavy atom. The first-order valence-corrected chi connectivity index (χ1v) is 13.7. The molecule has 0 saturated carbocycles. The first kappa shape index (κ1) is 25.7. The predicted octanol–water partition coefficient (Wildman–Crippen LogP) is 5.13. The fourth-order valence-electron chi connectivity index (χ4n) is 4.38. The average molecular weight is 510 g/mol. The van der Waals surface area contributed by atoms with Crippen LogP contribution in [0.25, 0.3) is 0 Å². The SMILES string of the molecule is CC1CCN(c2ccc(C(C)NC(=O)CN(c3ccccc3)S(=O)(=O)c3ccc(F)cc3)cc2)CC1. The number of amides is 1. The van der Waals surface area contributed by atoms with Crippen molar-refractivity contribution in [3.05, 3.63) is 90.2 Å². The van der Waals surface area contributed by atoms with Crippen LogP contribution >= 0.6 is 0 Å². The third-order valence-electron chi connectivity index (χ3n) is 6.65. The molecule has 1 unspecified atom stereocenters. The van der Waals surface area contributed by atoms with E-state index in [4.69, 9.17) is 0 Å². The van der Waals surface area contributed by atoms with Gasteiger partial charge in [-0.25, -0.2) is 12.8 Å². The Kier molecular flexibility index (Phi) is 7.94. The number of nitrogens with zero attached hydrogens (tertiary/aromatic N) is 2. The maximum atomic E-state index is 13.4. The van der Waals surface area contributed by atoms with Crippen molar-refractivity contribution in [1.82, 2.24) is 5.32 Å². The number of nitrogens with one attached hydrogen (secondary N) is 1. The van der Waals surface area contributed by atoms with E-state index in [-0.39, 0.29) is 10.9 Å². The van der Waals surface area contributed by atoms with Crippen molar-refractivity contribution >= 4 is 27.3 Å².